The Hall–Kier alpha value is -1.14. The molecule has 0 radical (unpaired) electrons. The number of esters is 2. The van der Waals surface area contributed by atoms with Crippen LogP contribution in [0.5, 0.6) is 0 Å². The van der Waals surface area contributed by atoms with E-state index in [1.165, 1.54) is 0 Å². The van der Waals surface area contributed by atoms with Gasteiger partial charge in [-0.25, -0.2) is 0 Å². The average Bonchev–Trinajstić information content (AvgIpc) is 2.52. The molecule has 1 aliphatic heterocycles. The van der Waals surface area contributed by atoms with Crippen molar-refractivity contribution in [2.45, 2.75) is 83.5 Å². The van der Waals surface area contributed by atoms with Crippen LogP contribution in [0, 0.1) is 0 Å². The van der Waals surface area contributed by atoms with Gasteiger partial charge in [-0.2, -0.15) is 0 Å². The molecular formula is C17H30O6. The van der Waals surface area contributed by atoms with E-state index in [-0.39, 0.29) is 25.2 Å². The van der Waals surface area contributed by atoms with Gasteiger partial charge in [0.25, 0.3) is 0 Å². The summed E-state index contributed by atoms with van der Waals surface area (Å²) in [5.74, 6) is -0.693. The lowest BCUT2D eigenvalue weighted by Gasteiger charge is -2.33. The van der Waals surface area contributed by atoms with Crippen LogP contribution in [-0.2, 0) is 23.8 Å². The third kappa shape index (κ3) is 7.79. The SMILES string of the molecule is CCCCCC(=O)O[C@H]1COC[C@@H](OC(=O)CCCCC)C1O. The van der Waals surface area contributed by atoms with Crippen molar-refractivity contribution in [2.24, 2.45) is 0 Å². The maximum atomic E-state index is 11.7. The molecule has 0 spiro atoms. The van der Waals surface area contributed by atoms with Crippen molar-refractivity contribution in [1.82, 2.24) is 0 Å². The monoisotopic (exact) mass is 330 g/mol. The van der Waals surface area contributed by atoms with Crippen molar-refractivity contribution in [3.05, 3.63) is 0 Å². The summed E-state index contributed by atoms with van der Waals surface area (Å²) in [5, 5.41) is 10.2. The number of rotatable bonds is 10. The van der Waals surface area contributed by atoms with Gasteiger partial charge in [0.1, 0.15) is 6.10 Å². The van der Waals surface area contributed by atoms with E-state index in [0.29, 0.717) is 12.8 Å². The zero-order valence-corrected chi connectivity index (χ0v) is 14.3. The summed E-state index contributed by atoms with van der Waals surface area (Å²) in [6.07, 6.45) is 3.62. The Bertz CT molecular complexity index is 325. The summed E-state index contributed by atoms with van der Waals surface area (Å²) in [7, 11) is 0. The first-order chi connectivity index (χ1) is 11.1. The van der Waals surface area contributed by atoms with Crippen molar-refractivity contribution in [1.29, 1.82) is 0 Å². The Balaban J connectivity index is 2.36. The quantitative estimate of drug-likeness (QED) is 0.489. The number of aliphatic hydroxyl groups is 1. The first-order valence-electron chi connectivity index (χ1n) is 8.73. The Morgan fingerprint density at radius 2 is 1.35 bits per heavy atom. The highest BCUT2D eigenvalue weighted by Gasteiger charge is 2.37. The summed E-state index contributed by atoms with van der Waals surface area (Å²) in [4.78, 5) is 23.5. The molecule has 1 heterocycles. The average molecular weight is 330 g/mol. The van der Waals surface area contributed by atoms with E-state index in [1.807, 2.05) is 0 Å². The van der Waals surface area contributed by atoms with Crippen molar-refractivity contribution in [3.8, 4) is 0 Å². The van der Waals surface area contributed by atoms with E-state index in [0.717, 1.165) is 38.5 Å². The molecular weight excluding hydrogens is 300 g/mol. The maximum absolute atomic E-state index is 11.7. The number of ether oxygens (including phenoxy) is 3. The molecule has 6 nitrogen and oxygen atoms in total. The molecule has 0 aromatic heterocycles. The molecule has 0 aromatic carbocycles. The van der Waals surface area contributed by atoms with E-state index >= 15 is 0 Å². The zero-order chi connectivity index (χ0) is 17.1. The second-order valence-electron chi connectivity index (χ2n) is 6.00. The van der Waals surface area contributed by atoms with Crippen LogP contribution in [0.2, 0.25) is 0 Å². The molecule has 23 heavy (non-hydrogen) atoms. The number of aliphatic hydroxyl groups excluding tert-OH is 1. The van der Waals surface area contributed by atoms with Crippen LogP contribution in [0.25, 0.3) is 0 Å². The van der Waals surface area contributed by atoms with Crippen LogP contribution in [-0.4, -0.2) is 48.6 Å². The number of carbonyl (C=O) groups is 2. The van der Waals surface area contributed by atoms with Gasteiger partial charge in [-0.3, -0.25) is 9.59 Å². The van der Waals surface area contributed by atoms with E-state index in [9.17, 15) is 14.7 Å². The molecule has 0 aliphatic carbocycles. The van der Waals surface area contributed by atoms with Crippen LogP contribution in [0.1, 0.15) is 65.2 Å². The van der Waals surface area contributed by atoms with Crippen LogP contribution >= 0.6 is 0 Å². The Morgan fingerprint density at radius 3 is 1.74 bits per heavy atom. The van der Waals surface area contributed by atoms with E-state index < -0.39 is 18.3 Å². The van der Waals surface area contributed by atoms with Crippen molar-refractivity contribution in [3.63, 3.8) is 0 Å². The highest BCUT2D eigenvalue weighted by Crippen LogP contribution is 2.17. The molecule has 0 aromatic rings. The van der Waals surface area contributed by atoms with Gasteiger partial charge in [0, 0.05) is 12.8 Å². The van der Waals surface area contributed by atoms with E-state index in [1.54, 1.807) is 0 Å². The highest BCUT2D eigenvalue weighted by molar-refractivity contribution is 5.70. The predicted octanol–water partition coefficient (Wildman–Crippen LogP) is 2.36. The van der Waals surface area contributed by atoms with Gasteiger partial charge in [-0.15, -0.1) is 0 Å². The third-order valence-electron chi connectivity index (χ3n) is 3.86. The van der Waals surface area contributed by atoms with E-state index in [4.69, 9.17) is 14.2 Å². The Morgan fingerprint density at radius 1 is 0.913 bits per heavy atom. The molecule has 1 N–H and O–H groups in total. The van der Waals surface area contributed by atoms with Gasteiger partial charge in [0.15, 0.2) is 12.2 Å². The van der Waals surface area contributed by atoms with Crippen molar-refractivity contribution < 1.29 is 28.9 Å². The van der Waals surface area contributed by atoms with Gasteiger partial charge >= 0.3 is 11.9 Å². The minimum Gasteiger partial charge on any atom is -0.457 e. The fourth-order valence-electron chi connectivity index (χ4n) is 2.44. The standard InChI is InChI=1S/C17H30O6/c1-3-5-7-9-15(18)22-13-11-21-12-14(17(13)20)23-16(19)10-8-6-4-2/h13-14,17,20H,3-12H2,1-2H3/t13-,14+,17?. The minimum absolute atomic E-state index is 0.130. The van der Waals surface area contributed by atoms with Gasteiger partial charge in [0.05, 0.1) is 13.2 Å². The molecule has 134 valence electrons. The molecule has 0 bridgehead atoms. The van der Waals surface area contributed by atoms with Crippen molar-refractivity contribution >= 4 is 11.9 Å². The lowest BCUT2D eigenvalue weighted by Crippen LogP contribution is -2.51. The van der Waals surface area contributed by atoms with Crippen LogP contribution in [0.3, 0.4) is 0 Å². The molecule has 0 saturated carbocycles. The number of hydrogen-bond acceptors (Lipinski definition) is 6. The normalized spacial score (nSPS) is 24.2. The predicted molar refractivity (Wildman–Crippen MR) is 84.9 cm³/mol. The van der Waals surface area contributed by atoms with E-state index in [2.05, 4.69) is 13.8 Å². The maximum Gasteiger partial charge on any atom is 0.306 e. The lowest BCUT2D eigenvalue weighted by atomic mass is 10.1. The number of carbonyl (C=O) groups excluding carboxylic acids is 2. The molecule has 1 unspecified atom stereocenters. The first kappa shape index (κ1) is 19.9. The number of unbranched alkanes of at least 4 members (excludes halogenated alkanes) is 4. The molecule has 1 saturated heterocycles. The molecule has 6 heteroatoms. The van der Waals surface area contributed by atoms with Crippen LogP contribution in [0.15, 0.2) is 0 Å². The fraction of sp³-hybridized carbons (Fsp3) is 0.882. The summed E-state index contributed by atoms with van der Waals surface area (Å²) >= 11 is 0. The van der Waals surface area contributed by atoms with Crippen molar-refractivity contribution in [2.75, 3.05) is 13.2 Å². The van der Waals surface area contributed by atoms with Gasteiger partial charge in [-0.1, -0.05) is 39.5 Å². The largest absolute Gasteiger partial charge is 0.457 e. The molecule has 3 atom stereocenters. The summed E-state index contributed by atoms with van der Waals surface area (Å²) in [5.41, 5.74) is 0. The Kier molecular flexibility index (Phi) is 9.87. The first-order valence-corrected chi connectivity index (χ1v) is 8.73. The second kappa shape index (κ2) is 11.4. The van der Waals surface area contributed by atoms with Gasteiger partial charge in [0.2, 0.25) is 0 Å². The zero-order valence-electron chi connectivity index (χ0n) is 14.3. The summed E-state index contributed by atoms with van der Waals surface area (Å²) in [6.45, 7) is 4.38. The third-order valence-corrected chi connectivity index (χ3v) is 3.86. The lowest BCUT2D eigenvalue weighted by molar-refractivity contribution is -0.198. The fourth-order valence-corrected chi connectivity index (χ4v) is 2.44. The molecule has 1 aliphatic rings. The smallest absolute Gasteiger partial charge is 0.306 e. The summed E-state index contributed by atoms with van der Waals surface area (Å²) in [6, 6.07) is 0. The molecule has 1 rings (SSSR count). The minimum atomic E-state index is -1.03. The number of hydrogen-bond donors (Lipinski definition) is 1. The van der Waals surface area contributed by atoms with Gasteiger partial charge < -0.3 is 19.3 Å². The van der Waals surface area contributed by atoms with Gasteiger partial charge in [-0.05, 0) is 12.8 Å². The van der Waals surface area contributed by atoms with Crippen LogP contribution in [0.4, 0.5) is 0 Å². The van der Waals surface area contributed by atoms with Crippen LogP contribution < -0.4 is 0 Å². The highest BCUT2D eigenvalue weighted by atomic mass is 16.6. The summed E-state index contributed by atoms with van der Waals surface area (Å²) < 4.78 is 15.8. The topological polar surface area (TPSA) is 82.1 Å². The molecule has 1 fully saturated rings. The Labute approximate surface area is 138 Å². The molecule has 0 amide bonds. The second-order valence-corrected chi connectivity index (χ2v) is 6.00.